The average Bonchev–Trinajstić information content (AvgIpc) is 2.14. The van der Waals surface area contributed by atoms with Crippen molar-refractivity contribution in [1.29, 1.82) is 0 Å². The molecule has 0 unspecified atom stereocenters. The first kappa shape index (κ1) is 9.69. The van der Waals surface area contributed by atoms with Gasteiger partial charge in [0.25, 0.3) is 0 Å². The Bertz CT molecular complexity index is 310. The van der Waals surface area contributed by atoms with Crippen molar-refractivity contribution < 1.29 is 9.84 Å². The number of aliphatic hydroxyl groups is 1. The van der Waals surface area contributed by atoms with Crippen molar-refractivity contribution >= 4 is 0 Å². The predicted octanol–water partition coefficient (Wildman–Crippen LogP) is 2.03. The highest BCUT2D eigenvalue weighted by Gasteiger charge is 2.37. The van der Waals surface area contributed by atoms with Crippen LogP contribution < -0.4 is 0 Å². The minimum Gasteiger partial charge on any atom is -0.380 e. The predicted molar refractivity (Wildman–Crippen MR) is 55.2 cm³/mol. The molecule has 0 radical (unpaired) electrons. The summed E-state index contributed by atoms with van der Waals surface area (Å²) in [4.78, 5) is 0. The lowest BCUT2D eigenvalue weighted by atomic mass is 9.90. The zero-order chi connectivity index (χ0) is 10.2. The zero-order valence-corrected chi connectivity index (χ0v) is 8.66. The molecule has 76 valence electrons. The molecule has 0 bridgehead atoms. The Morgan fingerprint density at radius 1 is 1.21 bits per heavy atom. The number of rotatable bonds is 2. The van der Waals surface area contributed by atoms with Crippen LogP contribution in [-0.4, -0.2) is 18.3 Å². The van der Waals surface area contributed by atoms with E-state index in [0.717, 1.165) is 5.56 Å². The van der Waals surface area contributed by atoms with Crippen LogP contribution in [0.25, 0.3) is 0 Å². The van der Waals surface area contributed by atoms with Crippen molar-refractivity contribution in [3.05, 3.63) is 35.4 Å². The van der Waals surface area contributed by atoms with E-state index in [9.17, 15) is 5.11 Å². The van der Waals surface area contributed by atoms with Crippen molar-refractivity contribution in [3.8, 4) is 0 Å². The van der Waals surface area contributed by atoms with Crippen LogP contribution in [-0.2, 0) is 10.3 Å². The third kappa shape index (κ3) is 1.56. The molecule has 0 amide bonds. The first-order valence-corrected chi connectivity index (χ1v) is 5.02. The van der Waals surface area contributed by atoms with E-state index in [-0.39, 0.29) is 0 Å². The third-order valence-electron chi connectivity index (χ3n) is 2.80. The van der Waals surface area contributed by atoms with Gasteiger partial charge in [0.05, 0.1) is 13.2 Å². The molecule has 2 rings (SSSR count). The molecule has 0 aromatic heterocycles. The molecular weight excluding hydrogens is 176 g/mol. The number of hydrogen-bond donors (Lipinski definition) is 1. The molecule has 0 spiro atoms. The Kier molecular flexibility index (Phi) is 2.33. The fourth-order valence-electron chi connectivity index (χ4n) is 1.64. The van der Waals surface area contributed by atoms with Gasteiger partial charge in [0, 0.05) is 0 Å². The lowest BCUT2D eigenvalue weighted by molar-refractivity contribution is -0.184. The van der Waals surface area contributed by atoms with Gasteiger partial charge in [-0.15, -0.1) is 0 Å². The van der Waals surface area contributed by atoms with Crippen LogP contribution in [0.5, 0.6) is 0 Å². The van der Waals surface area contributed by atoms with Gasteiger partial charge in [0.2, 0.25) is 0 Å². The number of hydrogen-bond acceptors (Lipinski definition) is 2. The Morgan fingerprint density at radius 3 is 2.14 bits per heavy atom. The summed E-state index contributed by atoms with van der Waals surface area (Å²) in [5.41, 5.74) is 1.54. The molecule has 0 atom stereocenters. The van der Waals surface area contributed by atoms with Crippen LogP contribution in [0.1, 0.15) is 30.9 Å². The summed E-state index contributed by atoms with van der Waals surface area (Å²) < 4.78 is 5.02. The smallest absolute Gasteiger partial charge is 0.136 e. The molecule has 1 aliphatic heterocycles. The molecule has 1 aromatic carbocycles. The highest BCUT2D eigenvalue weighted by atomic mass is 16.5. The fourth-order valence-corrected chi connectivity index (χ4v) is 1.64. The Labute approximate surface area is 84.5 Å². The van der Waals surface area contributed by atoms with Crippen molar-refractivity contribution in [2.45, 2.75) is 25.4 Å². The minimum atomic E-state index is -0.727. The second-order valence-corrected chi connectivity index (χ2v) is 4.30. The second kappa shape index (κ2) is 3.37. The van der Waals surface area contributed by atoms with Gasteiger partial charge in [0.1, 0.15) is 5.60 Å². The van der Waals surface area contributed by atoms with Gasteiger partial charge in [0.15, 0.2) is 0 Å². The van der Waals surface area contributed by atoms with Crippen molar-refractivity contribution in [2.24, 2.45) is 0 Å². The van der Waals surface area contributed by atoms with E-state index in [0.29, 0.717) is 19.1 Å². The van der Waals surface area contributed by atoms with Crippen LogP contribution in [0.3, 0.4) is 0 Å². The highest BCUT2D eigenvalue weighted by Crippen LogP contribution is 2.29. The molecular formula is C12H16O2. The summed E-state index contributed by atoms with van der Waals surface area (Å²) in [7, 11) is 0. The topological polar surface area (TPSA) is 29.5 Å². The molecule has 1 heterocycles. The second-order valence-electron chi connectivity index (χ2n) is 4.30. The van der Waals surface area contributed by atoms with Crippen LogP contribution in [0.2, 0.25) is 0 Å². The molecule has 0 saturated carbocycles. The van der Waals surface area contributed by atoms with Crippen LogP contribution in [0.15, 0.2) is 24.3 Å². The summed E-state index contributed by atoms with van der Waals surface area (Å²) >= 11 is 0. The molecule has 0 aliphatic carbocycles. The quantitative estimate of drug-likeness (QED) is 0.777. The summed E-state index contributed by atoms with van der Waals surface area (Å²) in [5.74, 6) is 0.538. The molecule has 1 aliphatic rings. The monoisotopic (exact) mass is 192 g/mol. The molecule has 1 fully saturated rings. The van der Waals surface area contributed by atoms with Gasteiger partial charge in [-0.2, -0.15) is 0 Å². The highest BCUT2D eigenvalue weighted by molar-refractivity contribution is 5.30. The number of ether oxygens (including phenoxy) is 1. The van der Waals surface area contributed by atoms with E-state index in [2.05, 4.69) is 26.0 Å². The SMILES string of the molecule is CC(C)c1ccc(C2(O)COC2)cc1. The van der Waals surface area contributed by atoms with Crippen LogP contribution in [0.4, 0.5) is 0 Å². The van der Waals surface area contributed by atoms with Gasteiger partial charge in [-0.1, -0.05) is 38.1 Å². The summed E-state index contributed by atoms with van der Waals surface area (Å²) in [5, 5.41) is 9.99. The largest absolute Gasteiger partial charge is 0.380 e. The van der Waals surface area contributed by atoms with E-state index in [4.69, 9.17) is 4.74 Å². The molecule has 14 heavy (non-hydrogen) atoms. The van der Waals surface area contributed by atoms with Crippen molar-refractivity contribution in [3.63, 3.8) is 0 Å². The lowest BCUT2D eigenvalue weighted by Crippen LogP contribution is -2.46. The van der Waals surface area contributed by atoms with Gasteiger partial charge >= 0.3 is 0 Å². The maximum absolute atomic E-state index is 9.99. The fraction of sp³-hybridized carbons (Fsp3) is 0.500. The third-order valence-corrected chi connectivity index (χ3v) is 2.80. The van der Waals surface area contributed by atoms with E-state index in [1.165, 1.54) is 5.56 Å². The van der Waals surface area contributed by atoms with E-state index in [1.54, 1.807) is 0 Å². The van der Waals surface area contributed by atoms with Gasteiger partial charge < -0.3 is 9.84 Å². The standard InChI is InChI=1S/C12H16O2/c1-9(2)10-3-5-11(6-4-10)12(13)7-14-8-12/h3-6,9,13H,7-8H2,1-2H3. The van der Waals surface area contributed by atoms with E-state index in [1.807, 2.05) is 12.1 Å². The van der Waals surface area contributed by atoms with Crippen molar-refractivity contribution in [1.82, 2.24) is 0 Å². The maximum Gasteiger partial charge on any atom is 0.136 e. The maximum atomic E-state index is 9.99. The zero-order valence-electron chi connectivity index (χ0n) is 8.66. The number of benzene rings is 1. The first-order chi connectivity index (χ1) is 6.62. The van der Waals surface area contributed by atoms with Gasteiger partial charge in [-0.3, -0.25) is 0 Å². The van der Waals surface area contributed by atoms with Crippen molar-refractivity contribution in [2.75, 3.05) is 13.2 Å². The Balaban J connectivity index is 2.21. The van der Waals surface area contributed by atoms with Crippen LogP contribution >= 0.6 is 0 Å². The van der Waals surface area contributed by atoms with E-state index < -0.39 is 5.60 Å². The average molecular weight is 192 g/mol. The summed E-state index contributed by atoms with van der Waals surface area (Å²) in [6.45, 7) is 5.18. The molecule has 1 saturated heterocycles. The summed E-state index contributed by atoms with van der Waals surface area (Å²) in [6.07, 6.45) is 0. The first-order valence-electron chi connectivity index (χ1n) is 5.02. The molecule has 2 heteroatoms. The van der Waals surface area contributed by atoms with Gasteiger partial charge in [-0.05, 0) is 17.0 Å². The Hall–Kier alpha value is -0.860. The van der Waals surface area contributed by atoms with E-state index >= 15 is 0 Å². The summed E-state index contributed by atoms with van der Waals surface area (Å²) in [6, 6.07) is 8.16. The Morgan fingerprint density at radius 2 is 1.79 bits per heavy atom. The molecule has 2 nitrogen and oxygen atoms in total. The van der Waals surface area contributed by atoms with Gasteiger partial charge in [-0.25, -0.2) is 0 Å². The normalized spacial score (nSPS) is 19.4. The molecule has 1 N–H and O–H groups in total. The molecule has 1 aromatic rings. The lowest BCUT2D eigenvalue weighted by Gasteiger charge is -2.36. The minimum absolute atomic E-state index is 0.425. The van der Waals surface area contributed by atoms with Crippen LogP contribution in [0, 0.1) is 0 Å².